The summed E-state index contributed by atoms with van der Waals surface area (Å²) in [5.41, 5.74) is 4.24. The van der Waals surface area contributed by atoms with Crippen LogP contribution in [0.1, 0.15) is 37.5 Å². The fourth-order valence-corrected chi connectivity index (χ4v) is 3.45. The molecule has 0 aliphatic carbocycles. The van der Waals surface area contributed by atoms with Gasteiger partial charge in [-0.2, -0.15) is 0 Å². The van der Waals surface area contributed by atoms with E-state index in [9.17, 15) is 9.59 Å². The lowest BCUT2D eigenvalue weighted by atomic mass is 10.0. The van der Waals surface area contributed by atoms with E-state index >= 15 is 0 Å². The fraction of sp³-hybridized carbons (Fsp3) is 0.115. The van der Waals surface area contributed by atoms with Gasteiger partial charge in [0.25, 0.3) is 5.91 Å². The van der Waals surface area contributed by atoms with Gasteiger partial charge in [0.05, 0.1) is 24.8 Å². The largest absolute Gasteiger partial charge is 0.495 e. The van der Waals surface area contributed by atoms with Crippen molar-refractivity contribution in [2.24, 2.45) is 0 Å². The number of hydrogen-bond donors (Lipinski definition) is 1. The lowest BCUT2D eigenvalue weighted by Gasteiger charge is -2.12. The van der Waals surface area contributed by atoms with E-state index in [4.69, 9.17) is 4.74 Å². The van der Waals surface area contributed by atoms with Gasteiger partial charge in [-0.05, 0) is 36.8 Å². The van der Waals surface area contributed by atoms with Gasteiger partial charge < -0.3 is 14.6 Å². The average Bonchev–Trinajstić information content (AvgIpc) is 3.28. The maximum atomic E-state index is 12.7. The Morgan fingerprint density at radius 1 is 0.938 bits per heavy atom. The number of aryl methyl sites for hydroxylation is 1. The summed E-state index contributed by atoms with van der Waals surface area (Å²) in [7, 11) is 1.57. The molecule has 160 valence electrons. The van der Waals surface area contributed by atoms with Crippen molar-refractivity contribution in [2.75, 3.05) is 7.11 Å². The first-order valence-corrected chi connectivity index (χ1v) is 10.2. The summed E-state index contributed by atoms with van der Waals surface area (Å²) in [5.74, 6) is 0.302. The zero-order valence-electron chi connectivity index (χ0n) is 17.9. The lowest BCUT2D eigenvalue weighted by molar-refractivity contribution is 0.0950. The standard InChI is InChI=1S/C26H23N3O3/c1-18-16-29(17-28-18)23-12-11-22(14-24(23)32-2)26(31)27-15-19-7-6-10-21(13-19)25(30)20-8-4-3-5-9-20/h3-14,16-17H,15H2,1-2H3,(H,27,31). The van der Waals surface area contributed by atoms with Crippen LogP contribution < -0.4 is 10.1 Å². The van der Waals surface area contributed by atoms with E-state index in [0.717, 1.165) is 16.9 Å². The van der Waals surface area contributed by atoms with Gasteiger partial charge in [-0.15, -0.1) is 0 Å². The molecule has 0 saturated heterocycles. The van der Waals surface area contributed by atoms with Gasteiger partial charge in [0.1, 0.15) is 5.75 Å². The Bertz CT molecular complexity index is 1260. The molecule has 0 radical (unpaired) electrons. The third-order valence-electron chi connectivity index (χ3n) is 5.11. The molecule has 1 N–H and O–H groups in total. The van der Waals surface area contributed by atoms with Crippen LogP contribution in [0.5, 0.6) is 5.75 Å². The van der Waals surface area contributed by atoms with E-state index < -0.39 is 0 Å². The van der Waals surface area contributed by atoms with Crippen molar-refractivity contribution in [3.05, 3.63) is 113 Å². The number of aromatic nitrogens is 2. The summed E-state index contributed by atoms with van der Waals surface area (Å²) in [5, 5.41) is 2.91. The first-order chi connectivity index (χ1) is 15.5. The van der Waals surface area contributed by atoms with E-state index in [1.54, 1.807) is 49.8 Å². The summed E-state index contributed by atoms with van der Waals surface area (Å²) >= 11 is 0. The van der Waals surface area contributed by atoms with Crippen LogP contribution in [0, 0.1) is 6.92 Å². The Labute approximate surface area is 186 Å². The number of rotatable bonds is 7. The summed E-state index contributed by atoms with van der Waals surface area (Å²) in [6, 6.07) is 21.7. The minimum Gasteiger partial charge on any atom is -0.495 e. The zero-order valence-corrected chi connectivity index (χ0v) is 17.9. The quantitative estimate of drug-likeness (QED) is 0.447. The second kappa shape index (κ2) is 9.31. The van der Waals surface area contributed by atoms with Crippen molar-refractivity contribution in [3.63, 3.8) is 0 Å². The van der Waals surface area contributed by atoms with Gasteiger partial charge in [0, 0.05) is 29.4 Å². The van der Waals surface area contributed by atoms with Gasteiger partial charge in [-0.1, -0.05) is 48.5 Å². The van der Waals surface area contributed by atoms with E-state index in [0.29, 0.717) is 29.0 Å². The smallest absolute Gasteiger partial charge is 0.251 e. The predicted octanol–water partition coefficient (Wildman–Crippen LogP) is 4.35. The minimum absolute atomic E-state index is 0.0474. The van der Waals surface area contributed by atoms with Crippen LogP contribution in [0.3, 0.4) is 0 Å². The first-order valence-electron chi connectivity index (χ1n) is 10.2. The number of amides is 1. The van der Waals surface area contributed by atoms with Crippen molar-refractivity contribution >= 4 is 11.7 Å². The first kappa shape index (κ1) is 21.1. The number of ketones is 1. The molecule has 1 amide bonds. The minimum atomic E-state index is -0.226. The Morgan fingerprint density at radius 3 is 2.44 bits per heavy atom. The molecule has 4 rings (SSSR count). The van der Waals surface area contributed by atoms with Crippen molar-refractivity contribution < 1.29 is 14.3 Å². The molecular weight excluding hydrogens is 402 g/mol. The van der Waals surface area contributed by atoms with Crippen LogP contribution in [-0.2, 0) is 6.54 Å². The van der Waals surface area contributed by atoms with Crippen LogP contribution >= 0.6 is 0 Å². The van der Waals surface area contributed by atoms with Crippen LogP contribution in [0.4, 0.5) is 0 Å². The molecule has 0 unspecified atom stereocenters. The SMILES string of the molecule is COc1cc(C(=O)NCc2cccc(C(=O)c3ccccc3)c2)ccc1-n1cnc(C)c1. The normalized spacial score (nSPS) is 10.6. The molecule has 1 aromatic heterocycles. The molecule has 0 spiro atoms. The highest BCUT2D eigenvalue weighted by molar-refractivity contribution is 6.09. The Morgan fingerprint density at radius 2 is 1.72 bits per heavy atom. The summed E-state index contributed by atoms with van der Waals surface area (Å²) < 4.78 is 7.33. The van der Waals surface area contributed by atoms with E-state index in [2.05, 4.69) is 10.3 Å². The maximum absolute atomic E-state index is 12.7. The fourth-order valence-electron chi connectivity index (χ4n) is 3.45. The molecule has 0 bridgehead atoms. The van der Waals surface area contributed by atoms with Crippen molar-refractivity contribution in [1.82, 2.24) is 14.9 Å². The number of imidazole rings is 1. The number of carbonyl (C=O) groups excluding carboxylic acids is 2. The average molecular weight is 425 g/mol. The molecular formula is C26H23N3O3. The van der Waals surface area contributed by atoms with Crippen molar-refractivity contribution in [3.8, 4) is 11.4 Å². The molecule has 6 heteroatoms. The van der Waals surface area contributed by atoms with Gasteiger partial charge in [0.15, 0.2) is 5.78 Å². The monoisotopic (exact) mass is 425 g/mol. The van der Waals surface area contributed by atoms with E-state index in [1.165, 1.54) is 0 Å². The highest BCUT2D eigenvalue weighted by atomic mass is 16.5. The number of hydrogen-bond acceptors (Lipinski definition) is 4. The van der Waals surface area contributed by atoms with Crippen LogP contribution in [0.2, 0.25) is 0 Å². The van der Waals surface area contributed by atoms with Gasteiger partial charge in [0.2, 0.25) is 0 Å². The van der Waals surface area contributed by atoms with Gasteiger partial charge in [-0.25, -0.2) is 4.98 Å². The molecule has 0 atom stereocenters. The van der Waals surface area contributed by atoms with Gasteiger partial charge >= 0.3 is 0 Å². The maximum Gasteiger partial charge on any atom is 0.251 e. The number of benzene rings is 3. The molecule has 0 aliphatic rings. The zero-order chi connectivity index (χ0) is 22.5. The van der Waals surface area contributed by atoms with E-state index in [-0.39, 0.29) is 11.7 Å². The van der Waals surface area contributed by atoms with Crippen molar-refractivity contribution in [2.45, 2.75) is 13.5 Å². The third kappa shape index (κ3) is 4.59. The van der Waals surface area contributed by atoms with E-state index in [1.807, 2.05) is 54.1 Å². The highest BCUT2D eigenvalue weighted by Crippen LogP contribution is 2.24. The summed E-state index contributed by atoms with van der Waals surface area (Å²) in [6.07, 6.45) is 3.60. The van der Waals surface area contributed by atoms with Crippen LogP contribution in [0.15, 0.2) is 85.3 Å². The second-order valence-electron chi connectivity index (χ2n) is 7.39. The topological polar surface area (TPSA) is 73.2 Å². The van der Waals surface area contributed by atoms with Crippen LogP contribution in [-0.4, -0.2) is 28.4 Å². The molecule has 0 aliphatic heterocycles. The number of ether oxygens (including phenoxy) is 1. The Hall–Kier alpha value is -4.19. The molecule has 0 saturated carbocycles. The Kier molecular flexibility index (Phi) is 6.12. The van der Waals surface area contributed by atoms with Gasteiger partial charge in [-0.3, -0.25) is 9.59 Å². The third-order valence-corrected chi connectivity index (χ3v) is 5.11. The number of nitrogens with one attached hydrogen (secondary N) is 1. The second-order valence-corrected chi connectivity index (χ2v) is 7.39. The summed E-state index contributed by atoms with van der Waals surface area (Å²) in [6.45, 7) is 2.22. The molecule has 4 aromatic rings. The molecule has 6 nitrogen and oxygen atoms in total. The Balaban J connectivity index is 1.46. The number of nitrogens with zero attached hydrogens (tertiary/aromatic N) is 2. The van der Waals surface area contributed by atoms with Crippen molar-refractivity contribution in [1.29, 1.82) is 0 Å². The number of carbonyl (C=O) groups is 2. The molecule has 0 fully saturated rings. The predicted molar refractivity (Wildman–Crippen MR) is 122 cm³/mol. The lowest BCUT2D eigenvalue weighted by Crippen LogP contribution is -2.23. The highest BCUT2D eigenvalue weighted by Gasteiger charge is 2.13. The summed E-state index contributed by atoms with van der Waals surface area (Å²) in [4.78, 5) is 29.6. The molecule has 3 aromatic carbocycles. The number of methoxy groups -OCH3 is 1. The van der Waals surface area contributed by atoms with Crippen LogP contribution in [0.25, 0.3) is 5.69 Å². The molecule has 1 heterocycles. The molecule has 32 heavy (non-hydrogen) atoms.